The van der Waals surface area contributed by atoms with Crippen molar-refractivity contribution < 1.29 is 28.9 Å². The first-order valence-electron chi connectivity index (χ1n) is 9.78. The van der Waals surface area contributed by atoms with Gasteiger partial charge in [0.1, 0.15) is 28.2 Å². The topological polar surface area (TPSA) is 119 Å². The molecule has 0 amide bonds. The van der Waals surface area contributed by atoms with Crippen LogP contribution in [-0.4, -0.2) is 28.3 Å². The Hall–Kier alpha value is -4.33. The number of aromatic hydroxyl groups is 2. The number of phenols is 2. The summed E-state index contributed by atoms with van der Waals surface area (Å²) in [6.07, 6.45) is 3.28. The predicted molar refractivity (Wildman–Crippen MR) is 114 cm³/mol. The monoisotopic (exact) mass is 431 g/mol. The Morgan fingerprint density at radius 2 is 1.94 bits per heavy atom. The van der Waals surface area contributed by atoms with Gasteiger partial charge in [-0.05, 0) is 29.8 Å². The maximum atomic E-state index is 13.0. The summed E-state index contributed by atoms with van der Waals surface area (Å²) in [4.78, 5) is 29.4. The fraction of sp³-hybridized carbons (Fsp3) is 0.125. The van der Waals surface area contributed by atoms with Gasteiger partial charge in [-0.25, -0.2) is 0 Å². The summed E-state index contributed by atoms with van der Waals surface area (Å²) >= 11 is 0. The van der Waals surface area contributed by atoms with Gasteiger partial charge in [0.2, 0.25) is 0 Å². The predicted octanol–water partition coefficient (Wildman–Crippen LogP) is 3.72. The third-order valence-electron chi connectivity index (χ3n) is 5.47. The van der Waals surface area contributed by atoms with Crippen molar-refractivity contribution in [2.75, 3.05) is 7.11 Å². The highest BCUT2D eigenvalue weighted by Gasteiger charge is 2.33. The van der Waals surface area contributed by atoms with Crippen molar-refractivity contribution in [1.29, 1.82) is 0 Å². The van der Waals surface area contributed by atoms with Crippen LogP contribution in [0, 0.1) is 0 Å². The van der Waals surface area contributed by atoms with Crippen molar-refractivity contribution in [2.45, 2.75) is 12.3 Å². The lowest BCUT2D eigenvalue weighted by Gasteiger charge is -2.25. The summed E-state index contributed by atoms with van der Waals surface area (Å²) in [5, 5.41) is 20.6. The zero-order valence-electron chi connectivity index (χ0n) is 16.9. The van der Waals surface area contributed by atoms with Gasteiger partial charge >= 0.3 is 5.97 Å². The molecule has 1 atom stereocenters. The molecule has 0 bridgehead atoms. The van der Waals surface area contributed by atoms with E-state index in [1.54, 1.807) is 30.6 Å². The summed E-state index contributed by atoms with van der Waals surface area (Å²) < 4.78 is 16.5. The zero-order valence-corrected chi connectivity index (χ0v) is 16.9. The molecule has 0 unspecified atom stereocenters. The van der Waals surface area contributed by atoms with E-state index in [0.29, 0.717) is 11.1 Å². The highest BCUT2D eigenvalue weighted by atomic mass is 16.5. The van der Waals surface area contributed by atoms with E-state index in [-0.39, 0.29) is 46.1 Å². The van der Waals surface area contributed by atoms with Gasteiger partial charge in [-0.1, -0.05) is 6.07 Å². The molecule has 0 aliphatic carbocycles. The molecule has 0 saturated heterocycles. The molecule has 0 radical (unpaired) electrons. The average molecular weight is 431 g/mol. The zero-order chi connectivity index (χ0) is 22.4. The average Bonchev–Trinajstić information content (AvgIpc) is 2.78. The second-order valence-corrected chi connectivity index (χ2v) is 7.39. The highest BCUT2D eigenvalue weighted by molar-refractivity contribution is 5.93. The Balaban J connectivity index is 1.80. The number of nitrogens with zero attached hydrogens (tertiary/aromatic N) is 1. The Bertz CT molecular complexity index is 1430. The van der Waals surface area contributed by atoms with Gasteiger partial charge in [-0.2, -0.15) is 0 Å². The highest BCUT2D eigenvalue weighted by Crippen LogP contribution is 2.46. The smallest absolute Gasteiger partial charge is 0.312 e. The largest absolute Gasteiger partial charge is 0.507 e. The van der Waals surface area contributed by atoms with Gasteiger partial charge in [-0.3, -0.25) is 14.6 Å². The number of hydrogen-bond donors (Lipinski definition) is 2. The van der Waals surface area contributed by atoms with Crippen LogP contribution in [0.2, 0.25) is 0 Å². The number of benzene rings is 2. The van der Waals surface area contributed by atoms with Crippen molar-refractivity contribution in [1.82, 2.24) is 4.98 Å². The van der Waals surface area contributed by atoms with Crippen LogP contribution in [0.1, 0.15) is 23.5 Å². The van der Waals surface area contributed by atoms with Crippen LogP contribution in [0.15, 0.2) is 64.1 Å². The summed E-state index contributed by atoms with van der Waals surface area (Å²) in [7, 11) is 1.43. The quantitative estimate of drug-likeness (QED) is 0.372. The van der Waals surface area contributed by atoms with Crippen molar-refractivity contribution in [3.63, 3.8) is 0 Å². The van der Waals surface area contributed by atoms with Crippen molar-refractivity contribution in [2.24, 2.45) is 0 Å². The molecule has 1 aliphatic heterocycles. The van der Waals surface area contributed by atoms with Gasteiger partial charge in [0.15, 0.2) is 16.9 Å². The third-order valence-corrected chi connectivity index (χ3v) is 5.47. The first-order chi connectivity index (χ1) is 15.5. The lowest BCUT2D eigenvalue weighted by molar-refractivity contribution is -0.135. The van der Waals surface area contributed by atoms with E-state index in [0.717, 1.165) is 5.56 Å². The normalized spacial score (nSPS) is 15.3. The molecule has 32 heavy (non-hydrogen) atoms. The minimum Gasteiger partial charge on any atom is -0.507 e. The van der Waals surface area contributed by atoms with E-state index in [1.807, 2.05) is 6.07 Å². The molecule has 0 saturated carbocycles. The molecule has 0 spiro atoms. The summed E-state index contributed by atoms with van der Waals surface area (Å²) in [5.41, 5.74) is 1.29. The van der Waals surface area contributed by atoms with Gasteiger partial charge in [0.25, 0.3) is 0 Å². The fourth-order valence-electron chi connectivity index (χ4n) is 4.01. The van der Waals surface area contributed by atoms with E-state index in [1.165, 1.54) is 25.3 Å². The van der Waals surface area contributed by atoms with E-state index < -0.39 is 17.3 Å². The molecule has 4 aromatic rings. The molecule has 160 valence electrons. The number of rotatable bonds is 3. The minimum absolute atomic E-state index is 0.0166. The molecule has 2 aromatic heterocycles. The summed E-state index contributed by atoms with van der Waals surface area (Å²) in [6.45, 7) is 0. The lowest BCUT2D eigenvalue weighted by atomic mass is 9.86. The van der Waals surface area contributed by atoms with Crippen LogP contribution in [0.5, 0.6) is 23.0 Å². The van der Waals surface area contributed by atoms with Crippen LogP contribution in [0.25, 0.3) is 22.3 Å². The first-order valence-corrected chi connectivity index (χ1v) is 9.78. The number of carbonyl (C=O) groups is 1. The Kier molecular flexibility index (Phi) is 4.55. The number of fused-ring (bicyclic) bond motifs is 3. The SMILES string of the molecule is COc1ccc(-c2cc(=O)c3c(O)cc4c(c3o2)[C@@H](c2cccnc2)CC(=O)O4)cc1O. The van der Waals surface area contributed by atoms with Crippen molar-refractivity contribution in [3.05, 3.63) is 76.2 Å². The standard InChI is InChI=1S/C24H17NO7/c1-30-18-5-4-12(7-15(18)26)19-9-16(27)23-17(28)10-20-22(24(23)32-19)14(8-21(29)31-20)13-3-2-6-25-11-13/h2-7,9-11,14,26,28H,8H2,1H3/t14-/m1/s1. The number of methoxy groups -OCH3 is 1. The number of aromatic nitrogens is 1. The number of carbonyl (C=O) groups excluding carboxylic acids is 1. The number of ether oxygens (including phenoxy) is 2. The van der Waals surface area contributed by atoms with Gasteiger partial charge in [0.05, 0.1) is 13.5 Å². The number of esters is 1. The lowest BCUT2D eigenvalue weighted by Crippen LogP contribution is -2.22. The minimum atomic E-state index is -0.481. The van der Waals surface area contributed by atoms with E-state index >= 15 is 0 Å². The molecule has 1 aliphatic rings. The van der Waals surface area contributed by atoms with Crippen LogP contribution in [0.4, 0.5) is 0 Å². The van der Waals surface area contributed by atoms with E-state index in [9.17, 15) is 19.8 Å². The molecular formula is C24H17NO7. The molecule has 5 rings (SSSR count). The fourth-order valence-corrected chi connectivity index (χ4v) is 4.01. The molecule has 0 fully saturated rings. The van der Waals surface area contributed by atoms with Crippen LogP contribution in [0.3, 0.4) is 0 Å². The second kappa shape index (κ2) is 7.42. The van der Waals surface area contributed by atoms with Crippen molar-refractivity contribution in [3.8, 4) is 34.3 Å². The molecular weight excluding hydrogens is 414 g/mol. The summed E-state index contributed by atoms with van der Waals surface area (Å²) in [5.74, 6) is -0.845. The third kappa shape index (κ3) is 3.13. The molecule has 8 nitrogen and oxygen atoms in total. The van der Waals surface area contributed by atoms with Gasteiger partial charge < -0.3 is 24.1 Å². The molecule has 8 heteroatoms. The number of pyridine rings is 1. The van der Waals surface area contributed by atoms with Crippen LogP contribution >= 0.6 is 0 Å². The van der Waals surface area contributed by atoms with Crippen molar-refractivity contribution >= 4 is 16.9 Å². The number of phenolic OH excluding ortho intramolecular Hbond substituents is 2. The van der Waals surface area contributed by atoms with Gasteiger partial charge in [-0.15, -0.1) is 0 Å². The van der Waals surface area contributed by atoms with Crippen LogP contribution < -0.4 is 14.9 Å². The Morgan fingerprint density at radius 3 is 2.66 bits per heavy atom. The molecule has 2 N–H and O–H groups in total. The Labute approximate surface area is 181 Å². The molecule has 3 heterocycles. The maximum Gasteiger partial charge on any atom is 0.312 e. The molecule has 2 aromatic carbocycles. The first kappa shape index (κ1) is 19.6. The second-order valence-electron chi connectivity index (χ2n) is 7.39. The maximum absolute atomic E-state index is 13.0. The van der Waals surface area contributed by atoms with E-state index in [2.05, 4.69) is 4.98 Å². The van der Waals surface area contributed by atoms with Gasteiger partial charge in [0, 0.05) is 41.6 Å². The Morgan fingerprint density at radius 1 is 1.09 bits per heavy atom. The number of hydrogen-bond acceptors (Lipinski definition) is 8. The summed E-state index contributed by atoms with van der Waals surface area (Å²) in [6, 6.07) is 10.7. The van der Waals surface area contributed by atoms with E-state index in [4.69, 9.17) is 13.9 Å². The van der Waals surface area contributed by atoms with Crippen LogP contribution in [-0.2, 0) is 4.79 Å².